The Hall–Kier alpha value is -2.80. The smallest absolute Gasteiger partial charge is 0.161 e. The number of nitrogens with zero attached hydrogens (tertiary/aromatic N) is 4. The Kier molecular flexibility index (Phi) is 5.12. The Labute approximate surface area is 143 Å². The van der Waals surface area contributed by atoms with Crippen molar-refractivity contribution in [3.8, 4) is 11.5 Å². The molecule has 0 unspecified atom stereocenters. The van der Waals surface area contributed by atoms with E-state index in [4.69, 9.17) is 21.1 Å². The number of H-pyrrole nitrogens is 1. The molecule has 0 aliphatic heterocycles. The van der Waals surface area contributed by atoms with Gasteiger partial charge in [0.15, 0.2) is 11.5 Å². The second-order valence-electron chi connectivity index (χ2n) is 4.93. The molecule has 8 heteroatoms. The molecule has 0 atom stereocenters. The first-order chi connectivity index (χ1) is 11.7. The van der Waals surface area contributed by atoms with E-state index in [-0.39, 0.29) is 0 Å². The van der Waals surface area contributed by atoms with Gasteiger partial charge in [0.2, 0.25) is 0 Å². The minimum Gasteiger partial charge on any atom is -0.493 e. The van der Waals surface area contributed by atoms with Gasteiger partial charge < -0.3 is 14.8 Å². The van der Waals surface area contributed by atoms with Crippen LogP contribution in [0.5, 0.6) is 11.5 Å². The fourth-order valence-corrected chi connectivity index (χ4v) is 2.18. The highest BCUT2D eigenvalue weighted by Gasteiger charge is 2.06. The lowest BCUT2D eigenvalue weighted by Gasteiger charge is -2.13. The quantitative estimate of drug-likeness (QED) is 0.707. The second kappa shape index (κ2) is 7.65. The number of benzene rings is 2. The summed E-state index contributed by atoms with van der Waals surface area (Å²) in [4.78, 5) is 0. The number of ether oxygens (including phenoxy) is 2. The van der Waals surface area contributed by atoms with Crippen LogP contribution in [0.3, 0.4) is 0 Å². The molecule has 1 heterocycles. The maximum atomic E-state index is 5.88. The molecule has 1 aromatic heterocycles. The van der Waals surface area contributed by atoms with Gasteiger partial charge in [-0.25, -0.2) is 0 Å². The molecule has 3 aromatic rings. The molecule has 2 aromatic carbocycles. The fraction of sp³-hybridized carbons (Fsp3) is 0.188. The highest BCUT2D eigenvalue weighted by Crippen LogP contribution is 2.30. The highest BCUT2D eigenvalue weighted by molar-refractivity contribution is 6.30. The van der Waals surface area contributed by atoms with Gasteiger partial charge in [0.1, 0.15) is 6.61 Å². The van der Waals surface area contributed by atoms with Crippen LogP contribution in [-0.4, -0.2) is 27.7 Å². The van der Waals surface area contributed by atoms with E-state index in [2.05, 4.69) is 25.9 Å². The zero-order valence-electron chi connectivity index (χ0n) is 12.9. The molecule has 3 rings (SSSR count). The van der Waals surface area contributed by atoms with Crippen LogP contribution in [0, 0.1) is 0 Å². The van der Waals surface area contributed by atoms with E-state index in [0.29, 0.717) is 35.6 Å². The van der Waals surface area contributed by atoms with Gasteiger partial charge in [-0.3, -0.25) is 15.4 Å². The summed E-state index contributed by atoms with van der Waals surface area (Å²) in [5.41, 5.74) is 1.98. The van der Waals surface area contributed by atoms with E-state index in [1.54, 1.807) is 7.11 Å². The average Bonchev–Trinajstić information content (AvgIpc) is 3.13. The maximum absolute atomic E-state index is 5.88. The number of nitrogens with one attached hydrogen (secondary N) is 1. The Morgan fingerprint density at radius 1 is 1.08 bits per heavy atom. The van der Waals surface area contributed by atoms with Crippen molar-refractivity contribution in [2.75, 3.05) is 7.11 Å². The van der Waals surface area contributed by atoms with Crippen molar-refractivity contribution in [2.24, 2.45) is 0 Å². The number of tetrazole rings is 1. The van der Waals surface area contributed by atoms with Crippen molar-refractivity contribution in [1.29, 1.82) is 0 Å². The van der Waals surface area contributed by atoms with Crippen molar-refractivity contribution in [3.63, 3.8) is 0 Å². The molecule has 0 saturated heterocycles. The maximum Gasteiger partial charge on any atom is 0.161 e. The van der Waals surface area contributed by atoms with Crippen LogP contribution in [0.2, 0.25) is 5.02 Å². The topological polar surface area (TPSA) is 87.0 Å². The lowest BCUT2D eigenvalue weighted by Crippen LogP contribution is -1.98. The van der Waals surface area contributed by atoms with Crippen LogP contribution < -0.4 is 9.47 Å². The van der Waals surface area contributed by atoms with Crippen LogP contribution >= 0.6 is 11.6 Å². The van der Waals surface area contributed by atoms with Crippen LogP contribution in [0.15, 0.2) is 42.5 Å². The number of hydrogen-bond donors (Lipinski definition) is 1. The standard InChI is InChI=1S/C16H15ClN5O2/c1-23-15-8-12(9-18-16-19-21-22-20-16)4-7-14(15)24-10-11-2-5-13(17)6-3-11/h2-8H,9-10H2,1H3,(H-,18,19,20,21,22)/q-1. The minimum absolute atomic E-state index is 0.317. The first kappa shape index (κ1) is 16.1. The van der Waals surface area contributed by atoms with Gasteiger partial charge in [-0.1, -0.05) is 29.8 Å². The average molecular weight is 345 g/mol. The van der Waals surface area contributed by atoms with Gasteiger partial charge in [-0.2, -0.15) is 0 Å². The molecule has 124 valence electrons. The summed E-state index contributed by atoms with van der Waals surface area (Å²) in [7, 11) is 1.60. The number of aromatic amines is 1. The Bertz CT molecular complexity index is 778. The van der Waals surface area contributed by atoms with Gasteiger partial charge in [0.05, 0.1) is 13.1 Å². The van der Waals surface area contributed by atoms with Gasteiger partial charge in [-0.15, -0.1) is 5.21 Å². The van der Waals surface area contributed by atoms with Crippen LogP contribution in [0.1, 0.15) is 11.1 Å². The van der Waals surface area contributed by atoms with Crippen molar-refractivity contribution >= 4 is 17.5 Å². The number of halogens is 1. The minimum atomic E-state index is 0.317. The van der Waals surface area contributed by atoms with E-state index >= 15 is 0 Å². The molecule has 7 nitrogen and oxygen atoms in total. The van der Waals surface area contributed by atoms with Gasteiger partial charge in [0, 0.05) is 11.6 Å². The first-order valence-corrected chi connectivity index (χ1v) is 7.57. The fourth-order valence-electron chi connectivity index (χ4n) is 2.06. The van der Waals surface area contributed by atoms with E-state index in [0.717, 1.165) is 11.1 Å². The normalized spacial score (nSPS) is 10.4. The van der Waals surface area contributed by atoms with E-state index < -0.39 is 0 Å². The Balaban J connectivity index is 1.63. The highest BCUT2D eigenvalue weighted by atomic mass is 35.5. The molecule has 0 saturated carbocycles. The summed E-state index contributed by atoms with van der Waals surface area (Å²) in [5, 5.41) is 18.3. The Morgan fingerprint density at radius 2 is 1.88 bits per heavy atom. The van der Waals surface area contributed by atoms with E-state index in [1.165, 1.54) is 0 Å². The monoisotopic (exact) mass is 344 g/mol. The van der Waals surface area contributed by atoms with Crippen molar-refractivity contribution in [2.45, 2.75) is 13.2 Å². The summed E-state index contributed by atoms with van der Waals surface area (Å²) in [5.74, 6) is 1.62. The molecule has 0 bridgehead atoms. The number of methoxy groups -OCH3 is 1. The third-order valence-corrected chi connectivity index (χ3v) is 3.52. The molecule has 0 fully saturated rings. The first-order valence-electron chi connectivity index (χ1n) is 7.19. The van der Waals surface area contributed by atoms with Crippen LogP contribution in [-0.2, 0) is 13.2 Å². The molecule has 0 aliphatic rings. The molecule has 0 radical (unpaired) electrons. The summed E-state index contributed by atoms with van der Waals surface area (Å²) >= 11 is 5.88. The molecule has 0 aliphatic carbocycles. The van der Waals surface area contributed by atoms with Crippen molar-refractivity contribution in [3.05, 3.63) is 63.9 Å². The zero-order valence-corrected chi connectivity index (χ0v) is 13.7. The van der Waals surface area contributed by atoms with Crippen LogP contribution in [0.25, 0.3) is 5.32 Å². The second-order valence-corrected chi connectivity index (χ2v) is 5.36. The largest absolute Gasteiger partial charge is 0.493 e. The predicted octanol–water partition coefficient (Wildman–Crippen LogP) is 3.65. The van der Waals surface area contributed by atoms with E-state index in [9.17, 15) is 0 Å². The summed E-state index contributed by atoms with van der Waals surface area (Å²) in [6.45, 7) is 0.855. The molecular formula is C16H15ClN5O2-. The summed E-state index contributed by atoms with van der Waals surface area (Å²) < 4.78 is 11.2. The third-order valence-electron chi connectivity index (χ3n) is 3.27. The number of hydrogen-bond acceptors (Lipinski definition) is 5. The number of rotatable bonds is 7. The summed E-state index contributed by atoms with van der Waals surface area (Å²) in [6, 6.07) is 13.2. The third kappa shape index (κ3) is 4.14. The molecular weight excluding hydrogens is 330 g/mol. The number of aromatic nitrogens is 4. The van der Waals surface area contributed by atoms with Crippen molar-refractivity contribution < 1.29 is 9.47 Å². The van der Waals surface area contributed by atoms with Gasteiger partial charge >= 0.3 is 0 Å². The van der Waals surface area contributed by atoms with Crippen molar-refractivity contribution in [1.82, 2.24) is 20.6 Å². The van der Waals surface area contributed by atoms with Gasteiger partial charge in [0.25, 0.3) is 0 Å². The zero-order chi connectivity index (χ0) is 16.8. The Morgan fingerprint density at radius 3 is 2.58 bits per heavy atom. The molecule has 0 amide bonds. The van der Waals surface area contributed by atoms with E-state index in [1.807, 2.05) is 42.5 Å². The van der Waals surface area contributed by atoms with Crippen LogP contribution in [0.4, 0.5) is 5.95 Å². The SMILES string of the molecule is COc1cc(C[N-]c2nn[nH]n2)ccc1OCc1ccc(Cl)cc1. The molecule has 24 heavy (non-hydrogen) atoms. The lowest BCUT2D eigenvalue weighted by molar-refractivity contribution is 0.284. The predicted molar refractivity (Wildman–Crippen MR) is 89.7 cm³/mol. The van der Waals surface area contributed by atoms with Gasteiger partial charge in [-0.05, 0) is 35.4 Å². The summed E-state index contributed by atoms with van der Waals surface area (Å²) in [6.07, 6.45) is 0. The molecule has 0 spiro atoms. The molecule has 1 N–H and O–H groups in total. The lowest BCUT2D eigenvalue weighted by atomic mass is 10.2.